The van der Waals surface area contributed by atoms with Crippen LogP contribution in [0.1, 0.15) is 42.5 Å². The maximum Gasteiger partial charge on any atom is 0.342 e. The largest absolute Gasteiger partial charge is 0.496 e. The minimum Gasteiger partial charge on any atom is -0.496 e. The minimum absolute atomic E-state index is 0.121. The number of benzene rings is 1. The Labute approximate surface area is 158 Å². The molecule has 0 aromatic heterocycles. The van der Waals surface area contributed by atoms with Crippen molar-refractivity contribution in [2.75, 3.05) is 20.3 Å². The second kappa shape index (κ2) is 9.52. The molecule has 0 fully saturated rings. The molecule has 27 heavy (non-hydrogen) atoms. The molecule has 1 aromatic carbocycles. The third kappa shape index (κ3) is 6.37. The van der Waals surface area contributed by atoms with Crippen LogP contribution >= 0.6 is 0 Å². The van der Waals surface area contributed by atoms with Crippen LogP contribution in [0.3, 0.4) is 0 Å². The van der Waals surface area contributed by atoms with Gasteiger partial charge in [-0.2, -0.15) is 0 Å². The first kappa shape index (κ1) is 20.9. The van der Waals surface area contributed by atoms with Crippen molar-refractivity contribution in [2.24, 2.45) is 5.14 Å². The van der Waals surface area contributed by atoms with E-state index in [2.05, 4.69) is 11.4 Å². The first-order valence-electron chi connectivity index (χ1n) is 8.64. The van der Waals surface area contributed by atoms with Crippen LogP contribution in [-0.4, -0.2) is 40.6 Å². The molecule has 0 spiro atoms. The molecule has 0 saturated heterocycles. The van der Waals surface area contributed by atoms with Crippen LogP contribution in [0.2, 0.25) is 0 Å². The molecule has 1 aliphatic rings. The summed E-state index contributed by atoms with van der Waals surface area (Å²) in [6.45, 7) is 0.00702. The predicted molar refractivity (Wildman–Crippen MR) is 98.8 cm³/mol. The van der Waals surface area contributed by atoms with Crippen LogP contribution in [0.25, 0.3) is 0 Å². The van der Waals surface area contributed by atoms with Crippen molar-refractivity contribution in [3.8, 4) is 5.75 Å². The van der Waals surface area contributed by atoms with E-state index in [0.29, 0.717) is 6.54 Å². The highest BCUT2D eigenvalue weighted by atomic mass is 32.2. The van der Waals surface area contributed by atoms with Gasteiger partial charge in [0.05, 0.1) is 12.0 Å². The van der Waals surface area contributed by atoms with Gasteiger partial charge in [0.25, 0.3) is 5.91 Å². The van der Waals surface area contributed by atoms with Crippen molar-refractivity contribution in [1.29, 1.82) is 0 Å². The lowest BCUT2D eigenvalue weighted by atomic mass is 9.97. The molecule has 0 unspecified atom stereocenters. The summed E-state index contributed by atoms with van der Waals surface area (Å²) in [6, 6.07) is 3.58. The number of hydrogen-bond donors (Lipinski definition) is 2. The van der Waals surface area contributed by atoms with Gasteiger partial charge < -0.3 is 14.8 Å². The maximum absolute atomic E-state index is 12.2. The molecule has 1 aromatic rings. The van der Waals surface area contributed by atoms with Gasteiger partial charge in [0.15, 0.2) is 6.61 Å². The number of ether oxygens (including phenoxy) is 2. The Bertz CT molecular complexity index is 832. The third-order valence-corrected chi connectivity index (χ3v) is 5.12. The summed E-state index contributed by atoms with van der Waals surface area (Å²) in [7, 11) is -2.66. The number of nitrogens with one attached hydrogen (secondary N) is 1. The topological polar surface area (TPSA) is 125 Å². The first-order chi connectivity index (χ1) is 12.8. The fraction of sp³-hybridized carbons (Fsp3) is 0.444. The van der Waals surface area contributed by atoms with E-state index >= 15 is 0 Å². The highest BCUT2D eigenvalue weighted by Gasteiger charge is 2.19. The zero-order valence-electron chi connectivity index (χ0n) is 15.2. The minimum atomic E-state index is -3.99. The van der Waals surface area contributed by atoms with Crippen molar-refractivity contribution in [3.05, 3.63) is 35.4 Å². The number of carbonyl (C=O) groups is 2. The second-order valence-corrected chi connectivity index (χ2v) is 7.75. The van der Waals surface area contributed by atoms with Crippen molar-refractivity contribution >= 4 is 21.9 Å². The number of methoxy groups -OCH3 is 1. The van der Waals surface area contributed by atoms with E-state index in [0.717, 1.165) is 25.3 Å². The Balaban J connectivity index is 1.89. The highest BCUT2D eigenvalue weighted by molar-refractivity contribution is 7.89. The molecule has 1 aliphatic carbocycles. The molecule has 0 bridgehead atoms. The van der Waals surface area contributed by atoms with E-state index < -0.39 is 28.5 Å². The zero-order valence-corrected chi connectivity index (χ0v) is 16.0. The molecular formula is C18H24N2O6S. The molecule has 8 nitrogen and oxygen atoms in total. The number of sulfonamides is 1. The van der Waals surface area contributed by atoms with E-state index in [4.69, 9.17) is 14.6 Å². The number of allylic oxidation sites excluding steroid dienone is 1. The van der Waals surface area contributed by atoms with E-state index in [9.17, 15) is 18.0 Å². The normalized spacial score (nSPS) is 14.2. The van der Waals surface area contributed by atoms with Crippen LogP contribution in [0.4, 0.5) is 0 Å². The summed E-state index contributed by atoms with van der Waals surface area (Å²) in [4.78, 5) is 23.8. The molecule has 0 aliphatic heterocycles. The Morgan fingerprint density at radius 1 is 1.26 bits per heavy atom. The van der Waals surface area contributed by atoms with Gasteiger partial charge in [-0.25, -0.2) is 18.4 Å². The van der Waals surface area contributed by atoms with Crippen LogP contribution < -0.4 is 15.2 Å². The first-order valence-corrected chi connectivity index (χ1v) is 10.2. The van der Waals surface area contributed by atoms with Crippen molar-refractivity contribution in [3.63, 3.8) is 0 Å². The molecular weight excluding hydrogens is 372 g/mol. The molecule has 3 N–H and O–H groups in total. The number of primary sulfonamides is 1. The smallest absolute Gasteiger partial charge is 0.342 e. The van der Waals surface area contributed by atoms with Crippen LogP contribution in [0, 0.1) is 0 Å². The van der Waals surface area contributed by atoms with Crippen molar-refractivity contribution < 1.29 is 27.5 Å². The second-order valence-electron chi connectivity index (χ2n) is 6.19. The van der Waals surface area contributed by atoms with E-state index in [1.54, 1.807) is 0 Å². The summed E-state index contributed by atoms with van der Waals surface area (Å²) < 4.78 is 32.9. The number of nitrogens with two attached hydrogens (primary N) is 1. The lowest BCUT2D eigenvalue weighted by molar-refractivity contribution is -0.124. The average Bonchev–Trinajstić information content (AvgIpc) is 2.65. The van der Waals surface area contributed by atoms with E-state index in [1.165, 1.54) is 37.7 Å². The lowest BCUT2D eigenvalue weighted by Gasteiger charge is -2.13. The Morgan fingerprint density at radius 3 is 2.67 bits per heavy atom. The van der Waals surface area contributed by atoms with E-state index in [1.807, 2.05) is 0 Å². The summed E-state index contributed by atoms with van der Waals surface area (Å²) in [5.74, 6) is -1.18. The number of esters is 1. The number of rotatable bonds is 8. The lowest BCUT2D eigenvalue weighted by Crippen LogP contribution is -2.30. The molecule has 0 heterocycles. The quantitative estimate of drug-likeness (QED) is 0.507. The SMILES string of the molecule is COc1ccc(S(N)(=O)=O)cc1C(=O)OCC(=O)NCCC1=CCCCC1. The van der Waals surface area contributed by atoms with Gasteiger partial charge in [-0.15, -0.1) is 0 Å². The van der Waals surface area contributed by atoms with Crippen LogP contribution in [0.15, 0.2) is 34.7 Å². The van der Waals surface area contributed by atoms with E-state index in [-0.39, 0.29) is 16.2 Å². The predicted octanol–water partition coefficient (Wildman–Crippen LogP) is 1.51. The molecule has 0 atom stereocenters. The zero-order chi connectivity index (χ0) is 19.9. The third-order valence-electron chi connectivity index (χ3n) is 4.21. The molecule has 9 heteroatoms. The highest BCUT2D eigenvalue weighted by Crippen LogP contribution is 2.23. The van der Waals surface area contributed by atoms with Crippen LogP contribution in [0.5, 0.6) is 5.75 Å². The molecule has 148 valence electrons. The maximum atomic E-state index is 12.2. The van der Waals surface area contributed by atoms with Gasteiger partial charge in [-0.1, -0.05) is 11.6 Å². The molecule has 2 rings (SSSR count). The van der Waals surface area contributed by atoms with Crippen molar-refractivity contribution in [1.82, 2.24) is 5.32 Å². The van der Waals surface area contributed by atoms with Crippen molar-refractivity contribution in [2.45, 2.75) is 37.0 Å². The molecule has 0 saturated carbocycles. The monoisotopic (exact) mass is 396 g/mol. The summed E-state index contributed by atoms with van der Waals surface area (Å²) >= 11 is 0. The Kier molecular flexibility index (Phi) is 7.37. The van der Waals surface area contributed by atoms with Gasteiger partial charge in [0.2, 0.25) is 10.0 Å². The van der Waals surface area contributed by atoms with Crippen LogP contribution in [-0.2, 0) is 19.6 Å². The Hall–Kier alpha value is -2.39. The summed E-state index contributed by atoms with van der Waals surface area (Å²) in [6.07, 6.45) is 7.52. The van der Waals surface area contributed by atoms with Gasteiger partial charge in [-0.05, 0) is 50.3 Å². The number of carbonyl (C=O) groups excluding carboxylic acids is 2. The summed E-state index contributed by atoms with van der Waals surface area (Å²) in [5.41, 5.74) is 1.22. The van der Waals surface area contributed by atoms with Gasteiger partial charge in [0.1, 0.15) is 11.3 Å². The van der Waals surface area contributed by atoms with Gasteiger partial charge >= 0.3 is 5.97 Å². The molecule has 0 radical (unpaired) electrons. The fourth-order valence-corrected chi connectivity index (χ4v) is 3.32. The number of amides is 1. The standard InChI is InChI=1S/C18H24N2O6S/c1-25-16-8-7-14(27(19,23)24)11-15(16)18(22)26-12-17(21)20-10-9-13-5-3-2-4-6-13/h5,7-8,11H,2-4,6,9-10,12H2,1H3,(H,20,21)(H2,19,23,24). The average molecular weight is 396 g/mol. The summed E-state index contributed by atoms with van der Waals surface area (Å²) in [5, 5.41) is 7.76. The van der Waals surface area contributed by atoms with Gasteiger partial charge in [0, 0.05) is 6.54 Å². The Morgan fingerprint density at radius 2 is 2.04 bits per heavy atom. The molecule has 1 amide bonds. The van der Waals surface area contributed by atoms with Gasteiger partial charge in [-0.3, -0.25) is 4.79 Å². The fourth-order valence-electron chi connectivity index (χ4n) is 2.78. The number of hydrogen-bond acceptors (Lipinski definition) is 6.